The van der Waals surface area contributed by atoms with Gasteiger partial charge in [-0.15, -0.1) is 0 Å². The molecule has 0 amide bonds. The number of hydrogen-bond acceptors (Lipinski definition) is 4. The molecule has 0 aromatic rings. The number of aliphatic hydroxyl groups excluding tert-OH is 1. The number of carbonyl (C=O) groups is 2. The van der Waals surface area contributed by atoms with E-state index < -0.39 is 12.0 Å². The summed E-state index contributed by atoms with van der Waals surface area (Å²) >= 11 is 0. The molecule has 4 heteroatoms. The van der Waals surface area contributed by atoms with Gasteiger partial charge in [-0.2, -0.15) is 0 Å². The number of esters is 1. The van der Waals surface area contributed by atoms with Crippen molar-refractivity contribution >= 4 is 11.8 Å². The standard InChI is InChI=1S/C10H14O4/c1-14-10(13)9-7-4-6(11)2-5(7)3-8(9)12/h5,7-9,12H,2-4H2,1H3/t5-,7-,8+,9-/m1/s1. The molecular weight excluding hydrogens is 184 g/mol. The number of rotatable bonds is 1. The molecule has 2 rings (SSSR count). The van der Waals surface area contributed by atoms with Gasteiger partial charge in [0.1, 0.15) is 5.78 Å². The highest BCUT2D eigenvalue weighted by atomic mass is 16.5. The number of carbonyl (C=O) groups excluding carboxylic acids is 2. The molecule has 0 spiro atoms. The summed E-state index contributed by atoms with van der Waals surface area (Å²) in [5.74, 6) is -0.427. The number of fused-ring (bicyclic) bond motifs is 1. The van der Waals surface area contributed by atoms with Crippen LogP contribution in [0.5, 0.6) is 0 Å². The molecule has 1 N–H and O–H groups in total. The molecule has 2 aliphatic carbocycles. The van der Waals surface area contributed by atoms with Crippen LogP contribution >= 0.6 is 0 Å². The molecule has 4 nitrogen and oxygen atoms in total. The van der Waals surface area contributed by atoms with Crippen molar-refractivity contribution in [1.29, 1.82) is 0 Å². The van der Waals surface area contributed by atoms with Crippen LogP contribution in [0.25, 0.3) is 0 Å². The summed E-state index contributed by atoms with van der Waals surface area (Å²) < 4.78 is 4.64. The summed E-state index contributed by atoms with van der Waals surface area (Å²) in [6.45, 7) is 0. The molecule has 4 atom stereocenters. The second-order valence-electron chi connectivity index (χ2n) is 4.22. The number of methoxy groups -OCH3 is 1. The zero-order valence-corrected chi connectivity index (χ0v) is 8.10. The Morgan fingerprint density at radius 3 is 2.86 bits per heavy atom. The van der Waals surface area contributed by atoms with E-state index in [1.807, 2.05) is 0 Å². The Hall–Kier alpha value is -0.900. The Balaban J connectivity index is 2.16. The van der Waals surface area contributed by atoms with Crippen molar-refractivity contribution < 1.29 is 19.4 Å². The fourth-order valence-corrected chi connectivity index (χ4v) is 2.85. The highest BCUT2D eigenvalue weighted by Crippen LogP contribution is 2.46. The molecule has 2 fully saturated rings. The van der Waals surface area contributed by atoms with E-state index in [4.69, 9.17) is 0 Å². The van der Waals surface area contributed by atoms with Crippen LogP contribution in [0.1, 0.15) is 19.3 Å². The Bertz CT molecular complexity index is 273. The Labute approximate surface area is 82.2 Å². The molecule has 0 heterocycles. The van der Waals surface area contributed by atoms with Crippen molar-refractivity contribution in [3.63, 3.8) is 0 Å². The maximum absolute atomic E-state index is 11.4. The molecular formula is C10H14O4. The average Bonchev–Trinajstić information content (AvgIpc) is 2.58. The van der Waals surface area contributed by atoms with Gasteiger partial charge >= 0.3 is 5.97 Å². The van der Waals surface area contributed by atoms with Crippen LogP contribution in [-0.2, 0) is 14.3 Å². The molecule has 0 aromatic carbocycles. The Kier molecular flexibility index (Phi) is 2.31. The molecule has 0 bridgehead atoms. The lowest BCUT2D eigenvalue weighted by atomic mass is 9.91. The predicted octanol–water partition coefficient (Wildman–Crippen LogP) is 0.135. The number of hydrogen-bond donors (Lipinski definition) is 1. The van der Waals surface area contributed by atoms with Gasteiger partial charge in [0.05, 0.1) is 19.1 Å². The summed E-state index contributed by atoms with van der Waals surface area (Å²) in [4.78, 5) is 22.6. The molecule has 0 aromatic heterocycles. The first-order chi connectivity index (χ1) is 6.63. The van der Waals surface area contributed by atoms with E-state index in [2.05, 4.69) is 4.74 Å². The lowest BCUT2D eigenvalue weighted by Crippen LogP contribution is -2.29. The van der Waals surface area contributed by atoms with Gasteiger partial charge < -0.3 is 9.84 Å². The molecule has 0 aliphatic heterocycles. The van der Waals surface area contributed by atoms with Gasteiger partial charge in [-0.25, -0.2) is 0 Å². The maximum Gasteiger partial charge on any atom is 0.311 e. The summed E-state index contributed by atoms with van der Waals surface area (Å²) in [5, 5.41) is 9.67. The minimum atomic E-state index is -0.620. The minimum Gasteiger partial charge on any atom is -0.469 e. The van der Waals surface area contributed by atoms with Crippen LogP contribution < -0.4 is 0 Å². The Morgan fingerprint density at radius 1 is 1.50 bits per heavy atom. The van der Waals surface area contributed by atoms with Crippen LogP contribution in [-0.4, -0.2) is 30.1 Å². The second kappa shape index (κ2) is 3.35. The molecule has 14 heavy (non-hydrogen) atoms. The molecule has 2 aliphatic rings. The highest BCUT2D eigenvalue weighted by Gasteiger charge is 2.51. The van der Waals surface area contributed by atoms with Crippen LogP contribution in [0.4, 0.5) is 0 Å². The second-order valence-corrected chi connectivity index (χ2v) is 4.22. The zero-order chi connectivity index (χ0) is 10.3. The van der Waals surface area contributed by atoms with Gasteiger partial charge in [0.2, 0.25) is 0 Å². The third kappa shape index (κ3) is 1.34. The SMILES string of the molecule is COC(=O)[C@@H]1[C@@H]2CC(=O)C[C@@H]2C[C@@H]1O. The molecule has 0 radical (unpaired) electrons. The van der Waals surface area contributed by atoms with E-state index in [0.717, 1.165) is 0 Å². The van der Waals surface area contributed by atoms with E-state index >= 15 is 0 Å². The van der Waals surface area contributed by atoms with E-state index in [-0.39, 0.29) is 23.6 Å². The minimum absolute atomic E-state index is 0.0185. The van der Waals surface area contributed by atoms with Crippen molar-refractivity contribution in [1.82, 2.24) is 0 Å². The van der Waals surface area contributed by atoms with E-state index in [1.54, 1.807) is 0 Å². The highest BCUT2D eigenvalue weighted by molar-refractivity contribution is 5.84. The van der Waals surface area contributed by atoms with Crippen molar-refractivity contribution in [2.24, 2.45) is 17.8 Å². The van der Waals surface area contributed by atoms with Gasteiger partial charge in [-0.1, -0.05) is 0 Å². The molecule has 0 saturated heterocycles. The van der Waals surface area contributed by atoms with Gasteiger partial charge in [0.25, 0.3) is 0 Å². The third-order valence-electron chi connectivity index (χ3n) is 3.45. The lowest BCUT2D eigenvalue weighted by molar-refractivity contribution is -0.150. The van der Waals surface area contributed by atoms with Gasteiger partial charge in [0, 0.05) is 12.8 Å². The molecule has 0 unspecified atom stereocenters. The largest absolute Gasteiger partial charge is 0.469 e. The summed E-state index contributed by atoms with van der Waals surface area (Å²) in [7, 11) is 1.32. The first-order valence-corrected chi connectivity index (χ1v) is 4.91. The topological polar surface area (TPSA) is 63.6 Å². The monoisotopic (exact) mass is 198 g/mol. The number of aliphatic hydroxyl groups is 1. The van der Waals surface area contributed by atoms with Gasteiger partial charge in [0.15, 0.2) is 0 Å². The summed E-state index contributed by atoms with van der Waals surface area (Å²) in [6, 6.07) is 0. The summed E-state index contributed by atoms with van der Waals surface area (Å²) in [5.41, 5.74) is 0. The first kappa shape index (κ1) is 9.65. The van der Waals surface area contributed by atoms with Crippen molar-refractivity contribution in [2.75, 3.05) is 7.11 Å². The van der Waals surface area contributed by atoms with E-state index in [9.17, 15) is 14.7 Å². The normalized spacial score (nSPS) is 41.1. The number of ketones is 1. The molecule has 78 valence electrons. The van der Waals surface area contributed by atoms with Gasteiger partial charge in [-0.05, 0) is 18.3 Å². The van der Waals surface area contributed by atoms with Crippen molar-refractivity contribution in [3.05, 3.63) is 0 Å². The first-order valence-electron chi connectivity index (χ1n) is 4.91. The third-order valence-corrected chi connectivity index (χ3v) is 3.45. The van der Waals surface area contributed by atoms with Crippen molar-refractivity contribution in [3.8, 4) is 0 Å². The van der Waals surface area contributed by atoms with Crippen LogP contribution in [0.2, 0.25) is 0 Å². The quantitative estimate of drug-likeness (QED) is 0.608. The van der Waals surface area contributed by atoms with E-state index in [1.165, 1.54) is 7.11 Å². The fourth-order valence-electron chi connectivity index (χ4n) is 2.85. The predicted molar refractivity (Wildman–Crippen MR) is 47.4 cm³/mol. The number of ether oxygens (including phenoxy) is 1. The van der Waals surface area contributed by atoms with Crippen LogP contribution in [0.15, 0.2) is 0 Å². The number of Topliss-reactive ketones (excluding diaryl/α,β-unsaturated/α-hetero) is 1. The smallest absolute Gasteiger partial charge is 0.311 e. The lowest BCUT2D eigenvalue weighted by Gasteiger charge is -2.17. The van der Waals surface area contributed by atoms with E-state index in [0.29, 0.717) is 19.3 Å². The van der Waals surface area contributed by atoms with Crippen molar-refractivity contribution in [2.45, 2.75) is 25.4 Å². The zero-order valence-electron chi connectivity index (χ0n) is 8.10. The average molecular weight is 198 g/mol. The fraction of sp³-hybridized carbons (Fsp3) is 0.800. The van der Waals surface area contributed by atoms with Gasteiger partial charge in [-0.3, -0.25) is 9.59 Å². The van der Waals surface area contributed by atoms with Crippen LogP contribution in [0, 0.1) is 17.8 Å². The van der Waals surface area contributed by atoms with Crippen LogP contribution in [0.3, 0.4) is 0 Å². The summed E-state index contributed by atoms with van der Waals surface area (Å²) in [6.07, 6.45) is 0.901. The Morgan fingerprint density at radius 2 is 2.21 bits per heavy atom. The maximum atomic E-state index is 11.4. The molecule has 2 saturated carbocycles.